The molecule has 0 rings (SSSR count). The first-order valence-corrected chi connectivity index (χ1v) is 17.9. The highest BCUT2D eigenvalue weighted by Gasteiger charge is 2.39. The maximum Gasteiger partial charge on any atom is 0.500 e. The first-order chi connectivity index (χ1) is 11.4. The van der Waals surface area contributed by atoms with E-state index in [0.717, 1.165) is 25.4 Å². The summed E-state index contributed by atoms with van der Waals surface area (Å²) in [5, 5.41) is 0. The fraction of sp³-hybridized carbons (Fsp3) is 0.938. The van der Waals surface area contributed by atoms with Gasteiger partial charge in [0.2, 0.25) is 8.32 Å². The average molecular weight is 410 g/mol. The zero-order valence-corrected chi connectivity index (χ0v) is 20.7. The molecule has 0 unspecified atom stereocenters. The second kappa shape index (κ2) is 11.0. The molecule has 0 aliphatic carbocycles. The molecule has 0 saturated heterocycles. The zero-order valence-electron chi connectivity index (χ0n) is 17.7. The Hall–Kier alpha value is -0.0394. The molecule has 0 saturated carbocycles. The van der Waals surface area contributed by atoms with Gasteiger partial charge >= 0.3 is 14.8 Å². The summed E-state index contributed by atoms with van der Waals surface area (Å²) in [4.78, 5) is 12.3. The SMILES string of the molecule is CCCO[Si](CCCN(CC(=O)O[Si](C)(C)C)[Si](C)(C)C)(OC)OC. The van der Waals surface area contributed by atoms with Crippen LogP contribution in [0.1, 0.15) is 19.8 Å². The highest BCUT2D eigenvalue weighted by Crippen LogP contribution is 2.19. The molecule has 0 atom stereocenters. The number of carbonyl (C=O) groups excluding carboxylic acids is 1. The van der Waals surface area contributed by atoms with Crippen LogP contribution in [0.3, 0.4) is 0 Å². The second-order valence-electron chi connectivity index (χ2n) is 8.22. The van der Waals surface area contributed by atoms with E-state index in [1.54, 1.807) is 14.2 Å². The van der Waals surface area contributed by atoms with Crippen molar-refractivity contribution in [3.63, 3.8) is 0 Å². The van der Waals surface area contributed by atoms with Crippen LogP contribution in [0.2, 0.25) is 45.3 Å². The maximum atomic E-state index is 12.3. The van der Waals surface area contributed by atoms with Crippen molar-refractivity contribution in [3.8, 4) is 0 Å². The molecule has 0 radical (unpaired) electrons. The summed E-state index contributed by atoms with van der Waals surface area (Å²) in [5.74, 6) is -0.106. The normalized spacial score (nSPS) is 13.4. The average Bonchev–Trinajstić information content (AvgIpc) is 2.47. The Labute approximate surface area is 157 Å². The Balaban J connectivity index is 4.76. The van der Waals surface area contributed by atoms with Gasteiger partial charge in [0.15, 0.2) is 0 Å². The van der Waals surface area contributed by atoms with Crippen molar-refractivity contribution in [1.29, 1.82) is 0 Å². The van der Waals surface area contributed by atoms with Crippen LogP contribution < -0.4 is 0 Å². The topological polar surface area (TPSA) is 57.2 Å². The van der Waals surface area contributed by atoms with Crippen molar-refractivity contribution in [3.05, 3.63) is 0 Å². The summed E-state index contributed by atoms with van der Waals surface area (Å²) >= 11 is 0. The Morgan fingerprint density at radius 3 is 1.96 bits per heavy atom. The van der Waals surface area contributed by atoms with Crippen LogP contribution in [0.25, 0.3) is 0 Å². The Morgan fingerprint density at radius 1 is 1.00 bits per heavy atom. The van der Waals surface area contributed by atoms with Gasteiger partial charge in [-0.2, -0.15) is 0 Å². The number of hydrogen-bond donors (Lipinski definition) is 0. The zero-order chi connectivity index (χ0) is 19.7. The van der Waals surface area contributed by atoms with Gasteiger partial charge < -0.3 is 22.3 Å². The van der Waals surface area contributed by atoms with Crippen molar-refractivity contribution in [2.24, 2.45) is 0 Å². The number of rotatable bonds is 13. The van der Waals surface area contributed by atoms with Gasteiger partial charge in [0.25, 0.3) is 0 Å². The Kier molecular flexibility index (Phi) is 10.9. The molecular weight excluding hydrogens is 370 g/mol. The van der Waals surface area contributed by atoms with Gasteiger partial charge in [-0.15, -0.1) is 0 Å². The van der Waals surface area contributed by atoms with E-state index in [1.165, 1.54) is 0 Å². The van der Waals surface area contributed by atoms with Gasteiger partial charge in [0.1, 0.15) is 8.24 Å². The first-order valence-electron chi connectivity index (χ1n) is 9.10. The van der Waals surface area contributed by atoms with Crippen molar-refractivity contribution in [2.45, 2.75) is 65.1 Å². The van der Waals surface area contributed by atoms with E-state index in [0.29, 0.717) is 13.2 Å². The lowest BCUT2D eigenvalue weighted by Gasteiger charge is -2.35. The minimum Gasteiger partial charge on any atom is -0.519 e. The van der Waals surface area contributed by atoms with Crippen LogP contribution in [-0.2, 0) is 22.5 Å². The lowest BCUT2D eigenvalue weighted by Crippen LogP contribution is -2.51. The van der Waals surface area contributed by atoms with E-state index >= 15 is 0 Å². The summed E-state index contributed by atoms with van der Waals surface area (Å²) in [6.07, 6.45) is 1.81. The lowest BCUT2D eigenvalue weighted by atomic mass is 10.4. The first kappa shape index (κ1) is 25.0. The molecule has 0 N–H and O–H groups in total. The van der Waals surface area contributed by atoms with E-state index in [4.69, 9.17) is 17.7 Å². The van der Waals surface area contributed by atoms with Gasteiger partial charge in [0, 0.05) is 26.9 Å². The Bertz CT molecular complexity index is 392. The predicted octanol–water partition coefficient (Wildman–Crippen LogP) is 3.55. The van der Waals surface area contributed by atoms with Crippen LogP contribution in [0.5, 0.6) is 0 Å². The Morgan fingerprint density at radius 2 is 1.56 bits per heavy atom. The molecule has 0 heterocycles. The maximum absolute atomic E-state index is 12.3. The van der Waals surface area contributed by atoms with Crippen molar-refractivity contribution in [2.75, 3.05) is 33.9 Å². The van der Waals surface area contributed by atoms with Crippen molar-refractivity contribution in [1.82, 2.24) is 4.57 Å². The number of hydrogen-bond acceptors (Lipinski definition) is 6. The molecule has 25 heavy (non-hydrogen) atoms. The molecule has 150 valence electrons. The highest BCUT2D eigenvalue weighted by atomic mass is 28.4. The molecule has 0 aromatic carbocycles. The van der Waals surface area contributed by atoms with Crippen LogP contribution in [0.15, 0.2) is 0 Å². The molecule has 0 amide bonds. The molecule has 0 spiro atoms. The van der Waals surface area contributed by atoms with Gasteiger partial charge in [0.05, 0.1) is 6.54 Å². The fourth-order valence-electron chi connectivity index (χ4n) is 2.40. The van der Waals surface area contributed by atoms with Crippen molar-refractivity contribution >= 4 is 31.3 Å². The number of nitrogens with zero attached hydrogens (tertiary/aromatic N) is 1. The van der Waals surface area contributed by atoms with E-state index in [9.17, 15) is 4.79 Å². The fourth-order valence-corrected chi connectivity index (χ4v) is 6.64. The summed E-state index contributed by atoms with van der Waals surface area (Å²) in [5.41, 5.74) is 0. The smallest absolute Gasteiger partial charge is 0.500 e. The van der Waals surface area contributed by atoms with E-state index in [1.807, 2.05) is 19.6 Å². The molecule has 0 aromatic heterocycles. The molecular formula is C16H39NO5Si3. The quantitative estimate of drug-likeness (QED) is 0.434. The molecule has 0 aliphatic heterocycles. The molecule has 0 bridgehead atoms. The van der Waals surface area contributed by atoms with Crippen LogP contribution in [-0.4, -0.2) is 69.8 Å². The molecule has 6 nitrogen and oxygen atoms in total. The van der Waals surface area contributed by atoms with E-state index in [2.05, 4.69) is 31.1 Å². The minimum atomic E-state index is -2.59. The summed E-state index contributed by atoms with van der Waals surface area (Å²) < 4.78 is 25.0. The van der Waals surface area contributed by atoms with Crippen LogP contribution in [0.4, 0.5) is 0 Å². The van der Waals surface area contributed by atoms with Gasteiger partial charge in [-0.25, -0.2) is 0 Å². The molecule has 0 aliphatic rings. The van der Waals surface area contributed by atoms with Gasteiger partial charge in [-0.1, -0.05) is 26.6 Å². The third kappa shape index (κ3) is 10.6. The monoisotopic (exact) mass is 409 g/mol. The summed E-state index contributed by atoms with van der Waals surface area (Å²) in [6, 6.07) is 0.754. The molecule has 0 aromatic rings. The predicted molar refractivity (Wildman–Crippen MR) is 110 cm³/mol. The second-order valence-corrected chi connectivity index (χ2v) is 20.6. The largest absolute Gasteiger partial charge is 0.519 e. The summed E-state index contributed by atoms with van der Waals surface area (Å²) in [7, 11) is -2.74. The lowest BCUT2D eigenvalue weighted by molar-refractivity contribution is -0.135. The van der Waals surface area contributed by atoms with Gasteiger partial charge in [-0.3, -0.25) is 4.79 Å². The van der Waals surface area contributed by atoms with Gasteiger partial charge in [-0.05, 0) is 39.0 Å². The van der Waals surface area contributed by atoms with Crippen molar-refractivity contribution < 1.29 is 22.5 Å². The van der Waals surface area contributed by atoms with E-state index < -0.39 is 25.4 Å². The standard InChI is InChI=1S/C16H39NO5Si3/c1-10-13-21-25(19-2,20-3)14-11-12-17(23(4,5)6)15-16(18)22-24(7,8)9/h10-15H2,1-9H3. The van der Waals surface area contributed by atoms with E-state index in [-0.39, 0.29) is 5.97 Å². The third-order valence-electron chi connectivity index (χ3n) is 3.75. The molecule has 9 heteroatoms. The highest BCUT2D eigenvalue weighted by molar-refractivity contribution is 6.73. The van der Waals surface area contributed by atoms with Crippen LogP contribution >= 0.6 is 0 Å². The molecule has 0 fully saturated rings. The summed E-state index contributed by atoms with van der Waals surface area (Å²) in [6.45, 7) is 16.8. The minimum absolute atomic E-state index is 0.106. The third-order valence-corrected chi connectivity index (χ3v) is 9.72. The number of carbonyl (C=O) groups is 1. The van der Waals surface area contributed by atoms with Crippen LogP contribution in [0, 0.1) is 0 Å².